The number of benzene rings is 2. The zero-order valence-electron chi connectivity index (χ0n) is 17.3. The van der Waals surface area contributed by atoms with Gasteiger partial charge in [-0.2, -0.15) is 0 Å². The van der Waals surface area contributed by atoms with Crippen molar-refractivity contribution in [1.82, 2.24) is 4.90 Å². The molecular weight excluding hydrogens is 398 g/mol. The highest BCUT2D eigenvalue weighted by Gasteiger charge is 2.32. The molecule has 1 N–H and O–H groups in total. The first-order valence-corrected chi connectivity index (χ1v) is 10.0. The van der Waals surface area contributed by atoms with Crippen molar-refractivity contribution in [3.63, 3.8) is 0 Å². The number of likely N-dealkylation sites (N-methyl/N-ethyl adjacent to an activating group) is 1. The first-order valence-electron chi connectivity index (χ1n) is 10.0. The van der Waals surface area contributed by atoms with Gasteiger partial charge in [-0.05, 0) is 28.7 Å². The van der Waals surface area contributed by atoms with E-state index in [0.717, 1.165) is 27.2 Å². The molecule has 0 bridgehead atoms. The smallest absolute Gasteiger partial charge is 0.410 e. The number of carboxylic acid groups (broad SMARTS) is 1. The lowest BCUT2D eigenvalue weighted by molar-refractivity contribution is -0.145. The van der Waals surface area contributed by atoms with Crippen LogP contribution in [0.4, 0.5) is 4.79 Å². The van der Waals surface area contributed by atoms with Gasteiger partial charge in [0.25, 0.3) is 0 Å². The number of amides is 1. The molecule has 162 valence electrons. The third-order valence-electron chi connectivity index (χ3n) is 5.36. The van der Waals surface area contributed by atoms with Crippen molar-refractivity contribution in [2.45, 2.75) is 24.8 Å². The van der Waals surface area contributed by atoms with Gasteiger partial charge < -0.3 is 14.6 Å². The normalized spacial score (nSPS) is 12.9. The van der Waals surface area contributed by atoms with Gasteiger partial charge in [0.1, 0.15) is 19.3 Å². The quantitative estimate of drug-likeness (QED) is 0.487. The van der Waals surface area contributed by atoms with Gasteiger partial charge in [0, 0.05) is 19.4 Å². The summed E-state index contributed by atoms with van der Waals surface area (Å²) in [7, 11) is 1.35. The standard InChI is InChI=1S/C24H25NO6/c1-3-14-30-22(26)13-12-21(23(27)28)25(2)24(29)31-15-20-18-10-6-4-8-16(18)17-9-5-7-11-19(17)20/h3-11,20-21H,1,12-15H2,2H3,(H,27,28)/t21-/m1/s1. The maximum atomic E-state index is 12.6. The molecule has 1 atom stereocenters. The van der Waals surface area contributed by atoms with Crippen molar-refractivity contribution in [2.75, 3.05) is 20.3 Å². The van der Waals surface area contributed by atoms with Crippen LogP contribution in [-0.2, 0) is 19.1 Å². The number of nitrogens with zero attached hydrogens (tertiary/aromatic N) is 1. The minimum absolute atomic E-state index is 0.0544. The van der Waals surface area contributed by atoms with Crippen LogP contribution in [0.1, 0.15) is 29.9 Å². The molecule has 0 heterocycles. The molecule has 0 saturated heterocycles. The van der Waals surface area contributed by atoms with Crippen LogP contribution in [-0.4, -0.2) is 54.3 Å². The Morgan fingerprint density at radius 2 is 1.65 bits per heavy atom. The van der Waals surface area contributed by atoms with Crippen molar-refractivity contribution in [2.24, 2.45) is 0 Å². The summed E-state index contributed by atoms with van der Waals surface area (Å²) >= 11 is 0. The molecule has 1 aliphatic carbocycles. The Bertz CT molecular complexity index is 940. The molecule has 1 amide bonds. The number of esters is 1. The Morgan fingerprint density at radius 1 is 1.06 bits per heavy atom. The molecule has 2 aromatic rings. The topological polar surface area (TPSA) is 93.1 Å². The monoisotopic (exact) mass is 423 g/mol. The van der Waals surface area contributed by atoms with Gasteiger partial charge in [-0.1, -0.05) is 61.2 Å². The number of carbonyl (C=O) groups is 3. The lowest BCUT2D eigenvalue weighted by Crippen LogP contribution is -2.43. The summed E-state index contributed by atoms with van der Waals surface area (Å²) in [6.45, 7) is 3.59. The maximum absolute atomic E-state index is 12.6. The first-order chi connectivity index (χ1) is 14.9. The minimum Gasteiger partial charge on any atom is -0.480 e. The van der Waals surface area contributed by atoms with Crippen molar-refractivity contribution in [1.29, 1.82) is 0 Å². The molecule has 0 aromatic heterocycles. The van der Waals surface area contributed by atoms with E-state index in [-0.39, 0.29) is 32.0 Å². The number of aliphatic carboxylic acids is 1. The Balaban J connectivity index is 1.64. The number of carbonyl (C=O) groups excluding carboxylic acids is 2. The van der Waals surface area contributed by atoms with E-state index >= 15 is 0 Å². The second-order valence-electron chi connectivity index (χ2n) is 7.28. The van der Waals surface area contributed by atoms with E-state index in [1.165, 1.54) is 13.1 Å². The van der Waals surface area contributed by atoms with E-state index in [1.807, 2.05) is 48.5 Å². The molecule has 0 fully saturated rings. The predicted molar refractivity (Wildman–Crippen MR) is 115 cm³/mol. The summed E-state index contributed by atoms with van der Waals surface area (Å²) in [5.74, 6) is -1.89. The van der Waals surface area contributed by atoms with Crippen LogP contribution in [0.15, 0.2) is 61.2 Å². The molecule has 0 aliphatic heterocycles. The fraction of sp³-hybridized carbons (Fsp3) is 0.292. The van der Waals surface area contributed by atoms with E-state index in [2.05, 4.69) is 6.58 Å². The molecular formula is C24H25NO6. The summed E-state index contributed by atoms with van der Waals surface area (Å²) in [6.07, 6.45) is 0.460. The van der Waals surface area contributed by atoms with Crippen LogP contribution in [0.2, 0.25) is 0 Å². The summed E-state index contributed by atoms with van der Waals surface area (Å²) < 4.78 is 10.4. The lowest BCUT2D eigenvalue weighted by atomic mass is 9.98. The van der Waals surface area contributed by atoms with Gasteiger partial charge in [0.05, 0.1) is 0 Å². The number of rotatable bonds is 9. The van der Waals surface area contributed by atoms with Gasteiger partial charge in [-0.25, -0.2) is 9.59 Å². The van der Waals surface area contributed by atoms with E-state index in [9.17, 15) is 19.5 Å². The molecule has 0 saturated carbocycles. The fourth-order valence-corrected chi connectivity index (χ4v) is 3.78. The fourth-order valence-electron chi connectivity index (χ4n) is 3.78. The lowest BCUT2D eigenvalue weighted by Gasteiger charge is -2.25. The Hall–Kier alpha value is -3.61. The van der Waals surface area contributed by atoms with Crippen molar-refractivity contribution < 1.29 is 29.0 Å². The highest BCUT2D eigenvalue weighted by atomic mass is 16.6. The SMILES string of the molecule is C=CCOC(=O)CC[C@H](C(=O)O)N(C)C(=O)OCC1c2ccccc2-c2ccccc21. The van der Waals surface area contributed by atoms with Crippen LogP contribution in [0.3, 0.4) is 0 Å². The number of hydrogen-bond acceptors (Lipinski definition) is 5. The molecule has 1 aliphatic rings. The van der Waals surface area contributed by atoms with Crippen LogP contribution >= 0.6 is 0 Å². The van der Waals surface area contributed by atoms with Gasteiger partial charge in [0.15, 0.2) is 0 Å². The second kappa shape index (κ2) is 9.93. The zero-order chi connectivity index (χ0) is 22.4. The van der Waals surface area contributed by atoms with E-state index in [0.29, 0.717) is 0 Å². The third kappa shape index (κ3) is 4.94. The number of ether oxygens (including phenoxy) is 2. The Labute approximate surface area is 180 Å². The van der Waals surface area contributed by atoms with E-state index < -0.39 is 24.1 Å². The molecule has 2 aromatic carbocycles. The zero-order valence-corrected chi connectivity index (χ0v) is 17.3. The van der Waals surface area contributed by atoms with Gasteiger partial charge in [0.2, 0.25) is 0 Å². The summed E-state index contributed by atoms with van der Waals surface area (Å²) in [4.78, 5) is 36.9. The molecule has 0 radical (unpaired) electrons. The summed E-state index contributed by atoms with van der Waals surface area (Å²) in [5, 5.41) is 9.50. The largest absolute Gasteiger partial charge is 0.480 e. The molecule has 0 spiro atoms. The van der Waals surface area contributed by atoms with Crippen molar-refractivity contribution in [3.8, 4) is 11.1 Å². The summed E-state index contributed by atoms with van der Waals surface area (Å²) in [5.41, 5.74) is 4.35. The van der Waals surface area contributed by atoms with Crippen LogP contribution < -0.4 is 0 Å². The summed E-state index contributed by atoms with van der Waals surface area (Å²) in [6, 6.07) is 14.7. The van der Waals surface area contributed by atoms with Crippen LogP contribution in [0, 0.1) is 0 Å². The average Bonchev–Trinajstić information content (AvgIpc) is 3.09. The predicted octanol–water partition coefficient (Wildman–Crippen LogP) is 3.83. The Morgan fingerprint density at radius 3 is 2.19 bits per heavy atom. The highest BCUT2D eigenvalue weighted by molar-refractivity contribution is 5.81. The highest BCUT2D eigenvalue weighted by Crippen LogP contribution is 2.44. The van der Waals surface area contributed by atoms with E-state index in [4.69, 9.17) is 9.47 Å². The van der Waals surface area contributed by atoms with Crippen molar-refractivity contribution in [3.05, 3.63) is 72.3 Å². The third-order valence-corrected chi connectivity index (χ3v) is 5.36. The number of fused-ring (bicyclic) bond motifs is 3. The molecule has 0 unspecified atom stereocenters. The second-order valence-corrected chi connectivity index (χ2v) is 7.28. The van der Waals surface area contributed by atoms with Crippen LogP contribution in [0.5, 0.6) is 0 Å². The molecule has 7 heteroatoms. The van der Waals surface area contributed by atoms with Crippen LogP contribution in [0.25, 0.3) is 11.1 Å². The average molecular weight is 423 g/mol. The minimum atomic E-state index is -1.22. The number of hydrogen-bond donors (Lipinski definition) is 1. The number of carboxylic acids is 1. The first kappa shape index (κ1) is 22.1. The van der Waals surface area contributed by atoms with Crippen molar-refractivity contribution >= 4 is 18.0 Å². The van der Waals surface area contributed by atoms with Gasteiger partial charge in [-0.15, -0.1) is 0 Å². The van der Waals surface area contributed by atoms with Gasteiger partial charge >= 0.3 is 18.0 Å². The Kier molecular flexibility index (Phi) is 7.07. The molecule has 3 rings (SSSR count). The molecule has 31 heavy (non-hydrogen) atoms. The van der Waals surface area contributed by atoms with E-state index in [1.54, 1.807) is 0 Å². The maximum Gasteiger partial charge on any atom is 0.410 e. The van der Waals surface area contributed by atoms with Gasteiger partial charge in [-0.3, -0.25) is 9.69 Å². The molecule has 7 nitrogen and oxygen atoms in total.